The third-order valence-corrected chi connectivity index (χ3v) is 3.47. The monoisotopic (exact) mass is 339 g/mol. The van der Waals surface area contributed by atoms with Crippen LogP contribution in [0, 0.1) is 11.3 Å². The van der Waals surface area contributed by atoms with Crippen molar-refractivity contribution in [2.75, 3.05) is 27.2 Å². The molecule has 1 atom stereocenters. The predicted molar refractivity (Wildman–Crippen MR) is 92.6 cm³/mol. The first-order chi connectivity index (χ1) is 11.9. The van der Waals surface area contributed by atoms with Crippen molar-refractivity contribution in [1.29, 1.82) is 5.26 Å². The topological polar surface area (TPSA) is 88.7 Å². The molecule has 0 aliphatic carbocycles. The average Bonchev–Trinajstić information content (AvgIpc) is 2.60. The number of aliphatic hydroxyl groups excluding tert-OH is 1. The Balaban J connectivity index is 1.95. The number of rotatable bonds is 7. The van der Waals surface area contributed by atoms with E-state index in [2.05, 4.69) is 5.10 Å². The minimum Gasteiger partial charge on any atom is -0.855 e. The van der Waals surface area contributed by atoms with Crippen LogP contribution in [0.1, 0.15) is 11.1 Å². The first kappa shape index (κ1) is 18.5. The third kappa shape index (κ3) is 5.92. The second-order valence-electron chi connectivity index (χ2n) is 6.18. The summed E-state index contributed by atoms with van der Waals surface area (Å²) in [7, 11) is 3.46. The molecule has 0 saturated heterocycles. The molecule has 0 heterocycles. The summed E-state index contributed by atoms with van der Waals surface area (Å²) in [4.78, 5) is 0. The summed E-state index contributed by atoms with van der Waals surface area (Å²) < 4.78 is 5.48. The molecule has 1 N–H and O–H groups in total. The molecule has 0 amide bonds. The van der Waals surface area contributed by atoms with Crippen molar-refractivity contribution in [3.63, 3.8) is 0 Å². The third-order valence-electron chi connectivity index (χ3n) is 3.47. The van der Waals surface area contributed by atoms with Crippen LogP contribution in [-0.2, 0) is 0 Å². The van der Waals surface area contributed by atoms with E-state index in [1.165, 1.54) is 0 Å². The fourth-order valence-electron chi connectivity index (χ4n) is 2.31. The van der Waals surface area contributed by atoms with Gasteiger partial charge in [0.1, 0.15) is 25.0 Å². The van der Waals surface area contributed by atoms with Crippen molar-refractivity contribution in [3.8, 4) is 11.8 Å². The maximum atomic E-state index is 12.2. The molecule has 0 saturated carbocycles. The van der Waals surface area contributed by atoms with E-state index in [0.717, 1.165) is 0 Å². The highest BCUT2D eigenvalue weighted by Gasteiger charge is 2.21. The molecule has 0 fully saturated rings. The second kappa shape index (κ2) is 8.29. The number of nitriles is 1. The Kier molecular flexibility index (Phi) is 6.12. The van der Waals surface area contributed by atoms with Gasteiger partial charge in [-0.2, -0.15) is 5.26 Å². The zero-order valence-electron chi connectivity index (χ0n) is 14.3. The first-order valence-corrected chi connectivity index (χ1v) is 7.86. The van der Waals surface area contributed by atoms with Gasteiger partial charge in [0.2, 0.25) is 0 Å². The molecule has 2 aromatic rings. The number of likely N-dealkylation sites (N-methyl/N-ethyl adjacent to an activating group) is 1. The number of nitrogens with zero attached hydrogens (tertiary/aromatic N) is 3. The maximum absolute atomic E-state index is 12.2. The van der Waals surface area contributed by atoms with Gasteiger partial charge >= 0.3 is 0 Å². The van der Waals surface area contributed by atoms with Crippen LogP contribution in [0.5, 0.6) is 5.75 Å². The molecule has 0 aromatic heterocycles. The van der Waals surface area contributed by atoms with Crippen LogP contribution < -0.4 is 9.84 Å². The zero-order valence-corrected chi connectivity index (χ0v) is 14.3. The van der Waals surface area contributed by atoms with Gasteiger partial charge in [0.05, 0.1) is 31.6 Å². The highest BCUT2D eigenvalue weighted by Crippen LogP contribution is 2.10. The molecular formula is C19H21N3O3. The summed E-state index contributed by atoms with van der Waals surface area (Å²) >= 11 is 0. The quantitative estimate of drug-likeness (QED) is 0.354. The Morgan fingerprint density at radius 1 is 1.20 bits per heavy atom. The lowest BCUT2D eigenvalue weighted by Gasteiger charge is -2.27. The average molecular weight is 339 g/mol. The lowest BCUT2D eigenvalue weighted by Crippen LogP contribution is -2.44. The SMILES string of the molecule is C[N+](C)(CC(O)COc1ccccc1)/N=C(\[O-])c1ccc(C#N)cc1. The van der Waals surface area contributed by atoms with Gasteiger partial charge in [0.15, 0.2) is 0 Å². The normalized spacial score (nSPS) is 13.1. The van der Waals surface area contributed by atoms with Gasteiger partial charge in [-0.3, -0.25) is 0 Å². The molecule has 0 aliphatic rings. The van der Waals surface area contributed by atoms with Crippen LogP contribution in [0.15, 0.2) is 59.7 Å². The summed E-state index contributed by atoms with van der Waals surface area (Å²) in [5.41, 5.74) is 0.888. The Morgan fingerprint density at radius 2 is 1.84 bits per heavy atom. The fraction of sp³-hybridized carbons (Fsp3) is 0.263. The van der Waals surface area contributed by atoms with E-state index in [-0.39, 0.29) is 17.7 Å². The smallest absolute Gasteiger partial charge is 0.139 e. The van der Waals surface area contributed by atoms with Crippen LogP contribution >= 0.6 is 0 Å². The first-order valence-electron chi connectivity index (χ1n) is 7.86. The van der Waals surface area contributed by atoms with E-state index in [1.54, 1.807) is 38.4 Å². The molecule has 6 heteroatoms. The van der Waals surface area contributed by atoms with E-state index in [0.29, 0.717) is 16.9 Å². The molecule has 0 bridgehead atoms. The lowest BCUT2D eigenvalue weighted by molar-refractivity contribution is -0.901. The fourth-order valence-corrected chi connectivity index (χ4v) is 2.31. The lowest BCUT2D eigenvalue weighted by atomic mass is 10.1. The Bertz CT molecular complexity index is 750. The van der Waals surface area contributed by atoms with Crippen LogP contribution in [-0.4, -0.2) is 48.9 Å². The van der Waals surface area contributed by atoms with Crippen molar-refractivity contribution in [2.45, 2.75) is 6.10 Å². The molecule has 0 aliphatic heterocycles. The maximum Gasteiger partial charge on any atom is 0.139 e. The van der Waals surface area contributed by atoms with E-state index < -0.39 is 12.0 Å². The van der Waals surface area contributed by atoms with E-state index in [4.69, 9.17) is 10.00 Å². The number of para-hydroxylation sites is 1. The molecule has 6 nitrogen and oxygen atoms in total. The van der Waals surface area contributed by atoms with Gasteiger partial charge in [-0.05, 0) is 29.8 Å². The molecule has 0 spiro atoms. The molecule has 1 unspecified atom stereocenters. The van der Waals surface area contributed by atoms with E-state index >= 15 is 0 Å². The van der Waals surface area contributed by atoms with Gasteiger partial charge in [-0.25, -0.2) is 4.59 Å². The number of benzene rings is 2. The van der Waals surface area contributed by atoms with Crippen molar-refractivity contribution in [2.24, 2.45) is 5.10 Å². The van der Waals surface area contributed by atoms with E-state index in [1.807, 2.05) is 36.4 Å². The highest BCUT2D eigenvalue weighted by atomic mass is 16.5. The Labute approximate surface area is 147 Å². The van der Waals surface area contributed by atoms with Gasteiger partial charge in [-0.1, -0.05) is 35.4 Å². The minimum absolute atomic E-state index is 0.0296. The number of aliphatic hydroxyl groups is 1. The van der Waals surface area contributed by atoms with Crippen LogP contribution in [0.4, 0.5) is 0 Å². The van der Waals surface area contributed by atoms with Crippen LogP contribution in [0.25, 0.3) is 0 Å². The molecule has 130 valence electrons. The van der Waals surface area contributed by atoms with Crippen molar-refractivity contribution < 1.29 is 19.5 Å². The van der Waals surface area contributed by atoms with Crippen LogP contribution in [0.2, 0.25) is 0 Å². The summed E-state index contributed by atoms with van der Waals surface area (Å²) in [6.45, 7) is 0.348. The van der Waals surface area contributed by atoms with Crippen molar-refractivity contribution in [3.05, 3.63) is 65.7 Å². The second-order valence-corrected chi connectivity index (χ2v) is 6.18. The van der Waals surface area contributed by atoms with Crippen LogP contribution in [0.3, 0.4) is 0 Å². The number of quaternary nitrogens is 1. The van der Waals surface area contributed by atoms with Gasteiger partial charge < -0.3 is 14.9 Å². The summed E-state index contributed by atoms with van der Waals surface area (Å²) in [5.74, 6) is 0.281. The molecule has 2 aromatic carbocycles. The van der Waals surface area contributed by atoms with Gasteiger partial charge in [-0.15, -0.1) is 0 Å². The van der Waals surface area contributed by atoms with Gasteiger partial charge in [0, 0.05) is 0 Å². The molecule has 2 rings (SSSR count). The molecule has 25 heavy (non-hydrogen) atoms. The zero-order chi connectivity index (χ0) is 18.3. The molecular weight excluding hydrogens is 318 g/mol. The molecule has 0 radical (unpaired) electrons. The van der Waals surface area contributed by atoms with Gasteiger partial charge in [0.25, 0.3) is 0 Å². The number of hydrogen-bond acceptors (Lipinski definition) is 5. The largest absolute Gasteiger partial charge is 0.855 e. The predicted octanol–water partition coefficient (Wildman–Crippen LogP) is 1.10. The summed E-state index contributed by atoms with van der Waals surface area (Å²) in [6.07, 6.45) is -0.771. The number of hydrogen-bond donors (Lipinski definition) is 1. The van der Waals surface area contributed by atoms with E-state index in [9.17, 15) is 10.2 Å². The summed E-state index contributed by atoms with van der Waals surface area (Å²) in [5, 5.41) is 35.3. The highest BCUT2D eigenvalue weighted by molar-refractivity contribution is 5.90. The summed E-state index contributed by atoms with van der Waals surface area (Å²) in [6, 6.07) is 17.5. The number of ether oxygens (including phenoxy) is 1. The standard InChI is InChI=1S/C19H21N3O3/c1-22(2,13-17(23)14-25-18-6-4-3-5-7-18)21-19(24)16-10-8-15(12-20)9-11-16/h3-11,17,23H,13-14H2,1-2H3. The Hall–Kier alpha value is -2.88. The van der Waals surface area contributed by atoms with Crippen molar-refractivity contribution >= 4 is 5.90 Å². The minimum atomic E-state index is -0.771. The Morgan fingerprint density at radius 3 is 2.44 bits per heavy atom. The van der Waals surface area contributed by atoms with Crippen molar-refractivity contribution in [1.82, 2.24) is 0 Å².